The average molecular weight is 239 g/mol. The molecule has 0 fully saturated rings. The van der Waals surface area contributed by atoms with E-state index in [1.807, 2.05) is 25.3 Å². The molecule has 1 N–H and O–H groups in total. The van der Waals surface area contributed by atoms with Gasteiger partial charge in [0.15, 0.2) is 5.15 Å². The predicted molar refractivity (Wildman–Crippen MR) is 67.3 cm³/mol. The summed E-state index contributed by atoms with van der Waals surface area (Å²) in [7, 11) is 0. The van der Waals surface area contributed by atoms with Gasteiger partial charge in [-0.3, -0.25) is 4.98 Å². The molecule has 16 heavy (non-hydrogen) atoms. The number of nitrogens with one attached hydrogen (secondary N) is 1. The maximum atomic E-state index is 5.96. The maximum Gasteiger partial charge on any atom is 0.174 e. The van der Waals surface area contributed by atoms with Gasteiger partial charge in [-0.15, -0.1) is 0 Å². The summed E-state index contributed by atoms with van der Waals surface area (Å²) >= 11 is 5.96. The van der Waals surface area contributed by atoms with Gasteiger partial charge in [-0.05, 0) is 19.1 Å². The second-order valence-electron chi connectivity index (χ2n) is 3.02. The van der Waals surface area contributed by atoms with E-state index in [9.17, 15) is 0 Å². The summed E-state index contributed by atoms with van der Waals surface area (Å²) in [4.78, 5) is 4.02. The lowest BCUT2D eigenvalue weighted by Crippen LogP contribution is -1.96. The Morgan fingerprint density at radius 3 is 2.94 bits per heavy atom. The third kappa shape index (κ3) is 2.52. The molecule has 0 aliphatic heterocycles. The summed E-state index contributed by atoms with van der Waals surface area (Å²) in [6.45, 7) is 2.83. The van der Waals surface area contributed by atoms with Crippen LogP contribution in [0, 0.1) is 0 Å². The van der Waals surface area contributed by atoms with Crippen molar-refractivity contribution in [3.05, 3.63) is 35.9 Å². The van der Waals surface area contributed by atoms with Crippen molar-refractivity contribution in [2.24, 2.45) is 0 Å². The molecule has 0 saturated carbocycles. The van der Waals surface area contributed by atoms with Gasteiger partial charge in [0.2, 0.25) is 0 Å². The van der Waals surface area contributed by atoms with Gasteiger partial charge in [0, 0.05) is 12.7 Å². The minimum absolute atomic E-state index is 0. The number of halogens is 1. The van der Waals surface area contributed by atoms with Crippen LogP contribution in [-0.4, -0.2) is 21.3 Å². The van der Waals surface area contributed by atoms with Crippen molar-refractivity contribution in [3.8, 4) is 5.69 Å². The van der Waals surface area contributed by atoms with Crippen LogP contribution in [0.3, 0.4) is 0 Å². The average Bonchev–Trinajstić information content (AvgIpc) is 2.63. The highest BCUT2D eigenvalue weighted by Crippen LogP contribution is 2.20. The molecule has 2 aromatic rings. The highest BCUT2D eigenvalue weighted by atomic mass is 35.5. The van der Waals surface area contributed by atoms with E-state index < -0.39 is 0 Å². The van der Waals surface area contributed by atoms with Crippen LogP contribution in [0.5, 0.6) is 0 Å². The molecule has 0 spiro atoms. The van der Waals surface area contributed by atoms with E-state index in [0.717, 1.165) is 17.9 Å². The highest BCUT2D eigenvalue weighted by molar-refractivity contribution is 6.32. The van der Waals surface area contributed by atoms with Crippen LogP contribution in [0.1, 0.15) is 14.4 Å². The number of anilines is 1. The minimum atomic E-state index is 0. The summed E-state index contributed by atoms with van der Waals surface area (Å²) in [5.41, 5.74) is 1.73. The number of hydrogen-bond donors (Lipinski definition) is 1. The first-order chi connectivity index (χ1) is 7.31. The van der Waals surface area contributed by atoms with Crippen LogP contribution in [-0.2, 0) is 0 Å². The molecule has 0 atom stereocenters. The van der Waals surface area contributed by atoms with E-state index in [1.165, 1.54) is 0 Å². The fourth-order valence-corrected chi connectivity index (χ4v) is 1.48. The van der Waals surface area contributed by atoms with E-state index in [1.54, 1.807) is 17.1 Å². The first kappa shape index (κ1) is 12.5. The van der Waals surface area contributed by atoms with Crippen molar-refractivity contribution in [1.82, 2.24) is 14.8 Å². The Hall–Kier alpha value is -1.55. The Bertz CT molecular complexity index is 439. The third-order valence-electron chi connectivity index (χ3n) is 1.95. The smallest absolute Gasteiger partial charge is 0.174 e. The normalized spacial score (nSPS) is 9.62. The zero-order valence-corrected chi connectivity index (χ0v) is 9.07. The van der Waals surface area contributed by atoms with Crippen LogP contribution in [0.25, 0.3) is 5.69 Å². The number of hydrogen-bond acceptors (Lipinski definition) is 3. The molecular weight excluding hydrogens is 224 g/mol. The molecule has 5 heteroatoms. The van der Waals surface area contributed by atoms with Gasteiger partial charge in [-0.2, -0.15) is 5.10 Å². The summed E-state index contributed by atoms with van der Waals surface area (Å²) in [6, 6.07) is 3.78. The maximum absolute atomic E-state index is 5.96. The third-order valence-corrected chi connectivity index (χ3v) is 2.23. The molecule has 86 valence electrons. The zero-order valence-electron chi connectivity index (χ0n) is 8.31. The first-order valence-corrected chi connectivity index (χ1v) is 5.08. The summed E-state index contributed by atoms with van der Waals surface area (Å²) in [6.07, 6.45) is 5.31. The lowest BCUT2D eigenvalue weighted by molar-refractivity contribution is 0.874. The summed E-state index contributed by atoms with van der Waals surface area (Å²) in [5.74, 6) is 0. The van der Waals surface area contributed by atoms with Crippen LogP contribution in [0.15, 0.2) is 30.7 Å². The molecule has 0 amide bonds. The Morgan fingerprint density at radius 2 is 2.31 bits per heavy atom. The SMILES string of the molecule is C.CCNc1cn(-c2cccnc2)nc1Cl. The van der Waals surface area contributed by atoms with E-state index in [-0.39, 0.29) is 7.43 Å². The Morgan fingerprint density at radius 1 is 1.50 bits per heavy atom. The molecule has 0 aromatic carbocycles. The highest BCUT2D eigenvalue weighted by Gasteiger charge is 2.06. The largest absolute Gasteiger partial charge is 0.382 e. The van der Waals surface area contributed by atoms with Gasteiger partial charge in [-0.25, -0.2) is 4.68 Å². The summed E-state index contributed by atoms with van der Waals surface area (Å²) < 4.78 is 1.70. The van der Waals surface area contributed by atoms with Gasteiger partial charge >= 0.3 is 0 Å². The molecule has 0 unspecified atom stereocenters. The van der Waals surface area contributed by atoms with Crippen LogP contribution in [0.2, 0.25) is 5.15 Å². The topological polar surface area (TPSA) is 42.7 Å². The standard InChI is InChI=1S/C10H11ClN4.CH4/c1-2-13-9-7-15(14-10(9)11)8-4-3-5-12-6-8;/h3-7,13H,2H2,1H3;1H4. The molecule has 0 radical (unpaired) electrons. The second kappa shape index (κ2) is 5.51. The summed E-state index contributed by atoms with van der Waals surface area (Å²) in [5, 5.41) is 7.78. The van der Waals surface area contributed by atoms with Crippen molar-refractivity contribution in [2.75, 3.05) is 11.9 Å². The van der Waals surface area contributed by atoms with Crippen molar-refractivity contribution >= 4 is 17.3 Å². The van der Waals surface area contributed by atoms with E-state index in [0.29, 0.717) is 5.15 Å². The van der Waals surface area contributed by atoms with Crippen LogP contribution >= 0.6 is 11.6 Å². The molecule has 0 saturated heterocycles. The fourth-order valence-electron chi connectivity index (χ4n) is 1.28. The fraction of sp³-hybridized carbons (Fsp3) is 0.273. The van der Waals surface area contributed by atoms with Crippen LogP contribution in [0.4, 0.5) is 5.69 Å². The van der Waals surface area contributed by atoms with Crippen molar-refractivity contribution < 1.29 is 0 Å². The van der Waals surface area contributed by atoms with Gasteiger partial charge in [0.1, 0.15) is 0 Å². The van der Waals surface area contributed by atoms with Gasteiger partial charge in [-0.1, -0.05) is 19.0 Å². The first-order valence-electron chi connectivity index (χ1n) is 4.70. The van der Waals surface area contributed by atoms with E-state index in [4.69, 9.17) is 11.6 Å². The monoisotopic (exact) mass is 238 g/mol. The number of nitrogens with zero attached hydrogens (tertiary/aromatic N) is 3. The molecule has 2 rings (SSSR count). The van der Waals surface area contributed by atoms with Gasteiger partial charge < -0.3 is 5.32 Å². The lowest BCUT2D eigenvalue weighted by atomic mass is 10.4. The predicted octanol–water partition coefficient (Wildman–Crippen LogP) is 2.99. The molecule has 2 heterocycles. The molecule has 2 aromatic heterocycles. The zero-order chi connectivity index (χ0) is 10.7. The lowest BCUT2D eigenvalue weighted by Gasteiger charge is -1.98. The van der Waals surface area contributed by atoms with E-state index in [2.05, 4.69) is 15.4 Å². The molecular formula is C11H15ClN4. The number of rotatable bonds is 3. The molecule has 4 nitrogen and oxygen atoms in total. The van der Waals surface area contributed by atoms with Crippen molar-refractivity contribution in [3.63, 3.8) is 0 Å². The van der Waals surface area contributed by atoms with Crippen molar-refractivity contribution in [1.29, 1.82) is 0 Å². The Balaban J connectivity index is 0.00000128. The van der Waals surface area contributed by atoms with Crippen molar-refractivity contribution in [2.45, 2.75) is 14.4 Å². The molecule has 0 aliphatic rings. The number of pyridine rings is 1. The van der Waals surface area contributed by atoms with E-state index >= 15 is 0 Å². The second-order valence-corrected chi connectivity index (χ2v) is 3.38. The molecule has 0 bridgehead atoms. The Labute approximate surface area is 100 Å². The van der Waals surface area contributed by atoms with Crippen LogP contribution < -0.4 is 5.32 Å². The van der Waals surface area contributed by atoms with Gasteiger partial charge in [0.25, 0.3) is 0 Å². The molecule has 0 aliphatic carbocycles. The Kier molecular flexibility index (Phi) is 4.31. The minimum Gasteiger partial charge on any atom is -0.382 e. The number of aromatic nitrogens is 3. The van der Waals surface area contributed by atoms with Gasteiger partial charge in [0.05, 0.1) is 23.8 Å². The quantitative estimate of drug-likeness (QED) is 0.894.